The number of aromatic nitrogens is 2. The monoisotopic (exact) mass is 350 g/mol. The Morgan fingerprint density at radius 1 is 1.19 bits per heavy atom. The van der Waals surface area contributed by atoms with Crippen molar-refractivity contribution in [2.75, 3.05) is 0 Å². The number of nitrogens with one attached hydrogen (secondary N) is 1. The second kappa shape index (κ2) is 5.56. The molecule has 0 fully saturated rings. The van der Waals surface area contributed by atoms with Gasteiger partial charge in [-0.1, -0.05) is 0 Å². The minimum Gasteiger partial charge on any atom is -0.477 e. The van der Waals surface area contributed by atoms with Crippen LogP contribution in [-0.4, -0.2) is 20.6 Å². The topological polar surface area (TPSA) is 75.1 Å². The minimum absolute atomic E-state index is 0.299. The van der Waals surface area contributed by atoms with Gasteiger partial charge in [-0.25, -0.2) is 9.18 Å². The normalized spacial score (nSPS) is 11.3. The molecule has 0 atom stereocenters. The van der Waals surface area contributed by atoms with Gasteiger partial charge in [-0.2, -0.15) is 0 Å². The van der Waals surface area contributed by atoms with E-state index in [4.69, 9.17) is 0 Å². The Morgan fingerprint density at radius 3 is 2.69 bits per heavy atom. The number of hydrogen-bond donors (Lipinski definition) is 2. The van der Waals surface area contributed by atoms with Crippen LogP contribution in [0.2, 0.25) is 0 Å². The van der Waals surface area contributed by atoms with Gasteiger partial charge >= 0.3 is 5.97 Å². The van der Waals surface area contributed by atoms with Crippen molar-refractivity contribution in [1.29, 1.82) is 0 Å². The van der Waals surface area contributed by atoms with Gasteiger partial charge in [-0.05, 0) is 48.4 Å². The average molecular weight is 350 g/mol. The molecule has 0 aliphatic rings. The van der Waals surface area contributed by atoms with Crippen molar-refractivity contribution in [3.8, 4) is 11.1 Å². The first kappa shape index (κ1) is 16.1. The first-order chi connectivity index (χ1) is 12.4. The van der Waals surface area contributed by atoms with Crippen LogP contribution in [0.15, 0.2) is 47.5 Å². The molecule has 0 radical (unpaired) electrons. The maximum atomic E-state index is 13.8. The average Bonchev–Trinajstić information content (AvgIpc) is 2.91. The summed E-state index contributed by atoms with van der Waals surface area (Å²) >= 11 is 0. The van der Waals surface area contributed by atoms with E-state index < -0.39 is 11.4 Å². The second-order valence-corrected chi connectivity index (χ2v) is 6.37. The number of fused-ring (bicyclic) bond motifs is 2. The van der Waals surface area contributed by atoms with Gasteiger partial charge in [0.25, 0.3) is 0 Å². The Labute approximate surface area is 147 Å². The Morgan fingerprint density at radius 2 is 1.96 bits per heavy atom. The number of halogens is 1. The summed E-state index contributed by atoms with van der Waals surface area (Å²) in [7, 11) is 1.87. The fourth-order valence-corrected chi connectivity index (χ4v) is 3.42. The van der Waals surface area contributed by atoms with Crippen molar-refractivity contribution in [2.45, 2.75) is 6.92 Å². The van der Waals surface area contributed by atoms with Gasteiger partial charge in [0.2, 0.25) is 5.43 Å². The smallest absolute Gasteiger partial charge is 0.341 e. The number of H-pyrrole nitrogens is 1. The SMILES string of the molecule is Cc1cc(-c2cn(C)c3ccc(F)cc23)cc2c(=O)c(C(=O)O)c[nH]c12. The predicted molar refractivity (Wildman–Crippen MR) is 98.1 cm³/mol. The standard InChI is InChI=1S/C20H15FN2O3/c1-10-5-11(6-14-18(10)22-8-15(19(14)24)20(25)26)16-9-23(2)17-4-3-12(21)7-13(16)17/h3-9H,1-2H3,(H,22,24)(H,25,26). The molecule has 0 saturated carbocycles. The number of hydrogen-bond acceptors (Lipinski definition) is 2. The van der Waals surface area contributed by atoms with E-state index in [0.717, 1.165) is 27.6 Å². The quantitative estimate of drug-likeness (QED) is 0.577. The molecule has 0 saturated heterocycles. The van der Waals surface area contributed by atoms with Crippen molar-refractivity contribution < 1.29 is 14.3 Å². The summed E-state index contributed by atoms with van der Waals surface area (Å²) in [5.41, 5.74) is 2.94. The van der Waals surface area contributed by atoms with Crippen LogP contribution in [0.25, 0.3) is 32.9 Å². The molecule has 0 unspecified atom stereocenters. The van der Waals surface area contributed by atoms with Crippen molar-refractivity contribution in [2.24, 2.45) is 7.05 Å². The third-order valence-corrected chi connectivity index (χ3v) is 4.68. The molecule has 130 valence electrons. The number of benzene rings is 2. The number of carboxylic acid groups (broad SMARTS) is 1. The summed E-state index contributed by atoms with van der Waals surface area (Å²) in [4.78, 5) is 26.7. The molecule has 4 aromatic rings. The van der Waals surface area contributed by atoms with Crippen molar-refractivity contribution >= 4 is 27.8 Å². The van der Waals surface area contributed by atoms with E-state index >= 15 is 0 Å². The summed E-state index contributed by atoms with van der Waals surface area (Å²) in [6.45, 7) is 1.84. The number of pyridine rings is 1. The highest BCUT2D eigenvalue weighted by atomic mass is 19.1. The molecular weight excluding hydrogens is 335 g/mol. The van der Waals surface area contributed by atoms with Crippen LogP contribution in [0.3, 0.4) is 0 Å². The van der Waals surface area contributed by atoms with Crippen LogP contribution in [0.5, 0.6) is 0 Å². The Hall–Kier alpha value is -3.41. The molecule has 0 spiro atoms. The molecule has 4 rings (SSSR count). The van der Waals surface area contributed by atoms with Crippen molar-refractivity contribution in [3.63, 3.8) is 0 Å². The van der Waals surface area contributed by atoms with Crippen LogP contribution in [0.1, 0.15) is 15.9 Å². The molecule has 0 amide bonds. The first-order valence-corrected chi connectivity index (χ1v) is 8.01. The summed E-state index contributed by atoms with van der Waals surface area (Å²) in [5.74, 6) is -1.61. The van der Waals surface area contributed by atoms with E-state index in [-0.39, 0.29) is 11.4 Å². The van der Waals surface area contributed by atoms with Crippen molar-refractivity contribution in [1.82, 2.24) is 9.55 Å². The largest absolute Gasteiger partial charge is 0.477 e. The highest BCUT2D eigenvalue weighted by Crippen LogP contribution is 2.33. The molecule has 2 heterocycles. The third kappa shape index (κ3) is 2.30. The zero-order valence-electron chi connectivity index (χ0n) is 14.1. The summed E-state index contributed by atoms with van der Waals surface area (Å²) < 4.78 is 15.6. The number of aromatic amines is 1. The zero-order chi connectivity index (χ0) is 18.6. The van der Waals surface area contributed by atoms with Gasteiger partial charge in [0.05, 0.1) is 5.52 Å². The molecule has 0 aliphatic carbocycles. The fourth-order valence-electron chi connectivity index (χ4n) is 3.42. The molecular formula is C20H15FN2O3. The van der Waals surface area contributed by atoms with Crippen LogP contribution >= 0.6 is 0 Å². The lowest BCUT2D eigenvalue weighted by atomic mass is 9.98. The van der Waals surface area contributed by atoms with Crippen LogP contribution in [0, 0.1) is 12.7 Å². The van der Waals surface area contributed by atoms with E-state index in [1.165, 1.54) is 18.3 Å². The lowest BCUT2D eigenvalue weighted by Crippen LogP contribution is -2.15. The third-order valence-electron chi connectivity index (χ3n) is 4.68. The molecule has 0 bridgehead atoms. The van der Waals surface area contributed by atoms with Gasteiger partial charge < -0.3 is 14.7 Å². The molecule has 26 heavy (non-hydrogen) atoms. The fraction of sp³-hybridized carbons (Fsp3) is 0.100. The number of carbonyl (C=O) groups is 1. The number of carboxylic acids is 1. The maximum Gasteiger partial charge on any atom is 0.341 e. The number of aromatic carboxylic acids is 1. The number of rotatable bonds is 2. The summed E-state index contributed by atoms with van der Waals surface area (Å²) in [6.07, 6.45) is 3.09. The zero-order valence-corrected chi connectivity index (χ0v) is 14.1. The van der Waals surface area contributed by atoms with Crippen molar-refractivity contribution in [3.05, 3.63) is 69.9 Å². The Bertz CT molecular complexity index is 1270. The predicted octanol–water partition coefficient (Wildman–Crippen LogP) is 3.83. The van der Waals surface area contributed by atoms with E-state index in [9.17, 15) is 19.1 Å². The van der Waals surface area contributed by atoms with E-state index in [2.05, 4.69) is 4.98 Å². The van der Waals surface area contributed by atoms with Crippen LogP contribution in [-0.2, 0) is 7.05 Å². The van der Waals surface area contributed by atoms with Gasteiger partial charge in [-0.3, -0.25) is 4.79 Å². The molecule has 2 N–H and O–H groups in total. The first-order valence-electron chi connectivity index (χ1n) is 8.01. The van der Waals surface area contributed by atoms with Crippen LogP contribution < -0.4 is 5.43 Å². The van der Waals surface area contributed by atoms with E-state index in [0.29, 0.717) is 10.9 Å². The second-order valence-electron chi connectivity index (χ2n) is 6.37. The molecule has 6 heteroatoms. The molecule has 5 nitrogen and oxygen atoms in total. The Kier molecular flexibility index (Phi) is 3.44. The molecule has 0 aliphatic heterocycles. The minimum atomic E-state index is -1.27. The maximum absolute atomic E-state index is 13.8. The number of aryl methyl sites for hydroxylation is 2. The highest BCUT2D eigenvalue weighted by molar-refractivity contribution is 6.00. The molecule has 2 aromatic carbocycles. The van der Waals surface area contributed by atoms with Gasteiger partial charge in [0.15, 0.2) is 0 Å². The van der Waals surface area contributed by atoms with Gasteiger partial charge in [-0.15, -0.1) is 0 Å². The highest BCUT2D eigenvalue weighted by Gasteiger charge is 2.16. The van der Waals surface area contributed by atoms with E-state index in [1.807, 2.05) is 30.8 Å². The van der Waals surface area contributed by atoms with Gasteiger partial charge in [0, 0.05) is 41.3 Å². The van der Waals surface area contributed by atoms with Crippen LogP contribution in [0.4, 0.5) is 4.39 Å². The van der Waals surface area contributed by atoms with Gasteiger partial charge in [0.1, 0.15) is 11.4 Å². The summed E-state index contributed by atoms with van der Waals surface area (Å²) in [6, 6.07) is 8.13. The Balaban J connectivity index is 2.07. The summed E-state index contributed by atoms with van der Waals surface area (Å²) in [5, 5.41) is 10.2. The lowest BCUT2D eigenvalue weighted by molar-refractivity contribution is 0.0695. The molecule has 2 aromatic heterocycles. The number of nitrogens with zero attached hydrogens (tertiary/aromatic N) is 1. The lowest BCUT2D eigenvalue weighted by Gasteiger charge is -2.07. The van der Waals surface area contributed by atoms with E-state index in [1.54, 1.807) is 12.1 Å².